The summed E-state index contributed by atoms with van der Waals surface area (Å²) in [6, 6.07) is 3.07. The molecule has 0 aliphatic carbocycles. The zero-order valence-electron chi connectivity index (χ0n) is 20.0. The maximum absolute atomic E-state index is 11.9. The number of nitrogens with one attached hydrogen (secondary N) is 2. The Morgan fingerprint density at radius 2 is 1.92 bits per heavy atom. The molecule has 1 aliphatic heterocycles. The highest BCUT2D eigenvalue weighted by atomic mass is 35.5. The summed E-state index contributed by atoms with van der Waals surface area (Å²) in [5.74, 6) is 0.910. The number of hydrogen-bond donors (Lipinski definition) is 2. The number of hydrogen-bond acceptors (Lipinski definition) is 9. The molecule has 3 aromatic heterocycles. The molecule has 0 saturated carbocycles. The maximum atomic E-state index is 11.9. The normalized spacial score (nSPS) is 17.5. The number of amides is 1. The molecule has 5 rings (SSSR count). The van der Waals surface area contributed by atoms with Gasteiger partial charge in [0.1, 0.15) is 17.8 Å². The van der Waals surface area contributed by atoms with Crippen molar-refractivity contribution < 1.29 is 19.0 Å². The van der Waals surface area contributed by atoms with Crippen LogP contribution in [-0.2, 0) is 9.53 Å². The van der Waals surface area contributed by atoms with Gasteiger partial charge in [-0.25, -0.2) is 9.97 Å². The molecular formula is C24H23Cl2N7O4. The fourth-order valence-electron chi connectivity index (χ4n) is 4.29. The van der Waals surface area contributed by atoms with E-state index >= 15 is 0 Å². The number of fused-ring (bicyclic) bond motifs is 3. The number of ether oxygens (including phenoxy) is 3. The Bertz CT molecular complexity index is 1480. The molecule has 11 nitrogen and oxygen atoms in total. The fraction of sp³-hybridized carbons (Fsp3) is 0.292. The van der Waals surface area contributed by atoms with Crippen molar-refractivity contribution in [2.24, 2.45) is 0 Å². The molecule has 37 heavy (non-hydrogen) atoms. The molecular weight excluding hydrogens is 521 g/mol. The Labute approximate surface area is 221 Å². The third kappa shape index (κ3) is 4.61. The largest absolute Gasteiger partial charge is 0.495 e. The predicted molar refractivity (Wildman–Crippen MR) is 140 cm³/mol. The minimum Gasteiger partial charge on any atom is -0.495 e. The van der Waals surface area contributed by atoms with E-state index in [-0.39, 0.29) is 18.0 Å². The molecule has 192 valence electrons. The van der Waals surface area contributed by atoms with Gasteiger partial charge in [-0.2, -0.15) is 14.6 Å². The molecule has 4 aromatic rings. The van der Waals surface area contributed by atoms with Crippen molar-refractivity contribution in [2.45, 2.75) is 18.5 Å². The van der Waals surface area contributed by atoms with Crippen LogP contribution in [0.15, 0.2) is 37.3 Å². The van der Waals surface area contributed by atoms with Gasteiger partial charge in [0.25, 0.3) is 0 Å². The summed E-state index contributed by atoms with van der Waals surface area (Å²) in [5.41, 5.74) is 2.11. The smallest absolute Gasteiger partial charge is 0.243 e. The Morgan fingerprint density at radius 1 is 1.16 bits per heavy atom. The first-order valence-corrected chi connectivity index (χ1v) is 12.1. The topological polar surface area (TPSA) is 125 Å². The molecule has 1 unspecified atom stereocenters. The summed E-state index contributed by atoms with van der Waals surface area (Å²) < 4.78 is 18.0. The van der Waals surface area contributed by atoms with Crippen LogP contribution in [0.25, 0.3) is 27.8 Å². The summed E-state index contributed by atoms with van der Waals surface area (Å²) >= 11 is 13.4. The first kappa shape index (κ1) is 25.0. The zero-order chi connectivity index (χ0) is 26.1. The summed E-state index contributed by atoms with van der Waals surface area (Å²) in [4.78, 5) is 25.5. The van der Waals surface area contributed by atoms with Crippen LogP contribution < -0.4 is 20.1 Å². The second kappa shape index (κ2) is 10.4. The van der Waals surface area contributed by atoms with Crippen LogP contribution in [-0.4, -0.2) is 70.0 Å². The number of benzene rings is 1. The maximum Gasteiger partial charge on any atom is 0.243 e. The number of pyridine rings is 1. The summed E-state index contributed by atoms with van der Waals surface area (Å²) in [6.45, 7) is 4.43. The molecule has 1 amide bonds. The van der Waals surface area contributed by atoms with Gasteiger partial charge >= 0.3 is 0 Å². The van der Waals surface area contributed by atoms with Crippen LogP contribution in [0.5, 0.6) is 11.5 Å². The van der Waals surface area contributed by atoms with Crippen LogP contribution in [0, 0.1) is 0 Å². The lowest BCUT2D eigenvalue weighted by atomic mass is 10.0. The van der Waals surface area contributed by atoms with E-state index in [1.54, 1.807) is 16.8 Å². The van der Waals surface area contributed by atoms with Crippen LogP contribution >= 0.6 is 23.2 Å². The van der Waals surface area contributed by atoms with Crippen molar-refractivity contribution >= 4 is 51.7 Å². The Morgan fingerprint density at radius 3 is 2.62 bits per heavy atom. The Balaban J connectivity index is 1.58. The van der Waals surface area contributed by atoms with Crippen molar-refractivity contribution in [3.05, 3.63) is 47.4 Å². The fourth-order valence-corrected chi connectivity index (χ4v) is 4.99. The summed E-state index contributed by atoms with van der Waals surface area (Å²) in [5, 5.41) is 11.9. The van der Waals surface area contributed by atoms with Crippen molar-refractivity contribution in [1.29, 1.82) is 0 Å². The van der Waals surface area contributed by atoms with Crippen LogP contribution in [0.1, 0.15) is 6.42 Å². The van der Waals surface area contributed by atoms with E-state index in [1.807, 2.05) is 6.07 Å². The van der Waals surface area contributed by atoms with Crippen LogP contribution in [0.2, 0.25) is 10.0 Å². The molecule has 2 N–H and O–H groups in total. The zero-order valence-corrected chi connectivity index (χ0v) is 21.5. The number of carbonyl (C=O) groups excluding carboxylic acids is 1. The van der Waals surface area contributed by atoms with E-state index in [4.69, 9.17) is 42.4 Å². The quantitative estimate of drug-likeness (QED) is 0.336. The van der Waals surface area contributed by atoms with Gasteiger partial charge in [0.15, 0.2) is 11.3 Å². The van der Waals surface area contributed by atoms with E-state index in [1.165, 1.54) is 26.6 Å². The van der Waals surface area contributed by atoms with Gasteiger partial charge < -0.3 is 24.8 Å². The molecule has 0 spiro atoms. The van der Waals surface area contributed by atoms with E-state index < -0.39 is 0 Å². The SMILES string of the molecule is C=CC(=O)NC1COCC[C@@H]1Nc1ncc2cc(-c3c(Cl)c(OC)cc(OC)c3Cl)c3ncnn3c2n1. The molecule has 1 aliphatic rings. The van der Waals surface area contributed by atoms with E-state index in [0.717, 1.165) is 0 Å². The van der Waals surface area contributed by atoms with Gasteiger partial charge in [0.05, 0.1) is 43.0 Å². The average molecular weight is 544 g/mol. The molecule has 1 saturated heterocycles. The van der Waals surface area contributed by atoms with Crippen molar-refractivity contribution in [2.75, 3.05) is 32.8 Å². The lowest BCUT2D eigenvalue weighted by molar-refractivity contribution is -0.118. The average Bonchev–Trinajstić information content (AvgIpc) is 3.41. The molecule has 1 aromatic carbocycles. The van der Waals surface area contributed by atoms with Gasteiger partial charge in [0.2, 0.25) is 11.9 Å². The molecule has 0 bridgehead atoms. The predicted octanol–water partition coefficient (Wildman–Crippen LogP) is 3.54. The lowest BCUT2D eigenvalue weighted by Crippen LogP contribution is -2.52. The lowest BCUT2D eigenvalue weighted by Gasteiger charge is -2.32. The van der Waals surface area contributed by atoms with E-state index in [2.05, 4.69) is 32.3 Å². The third-order valence-electron chi connectivity index (χ3n) is 6.11. The highest BCUT2D eigenvalue weighted by molar-refractivity contribution is 6.41. The second-order valence-electron chi connectivity index (χ2n) is 8.24. The van der Waals surface area contributed by atoms with Gasteiger partial charge in [-0.3, -0.25) is 4.79 Å². The number of aromatic nitrogens is 5. The summed E-state index contributed by atoms with van der Waals surface area (Å²) in [6.07, 6.45) is 4.99. The highest BCUT2D eigenvalue weighted by Crippen LogP contribution is 2.47. The minimum absolute atomic E-state index is 0.137. The van der Waals surface area contributed by atoms with Gasteiger partial charge in [-0.1, -0.05) is 29.8 Å². The third-order valence-corrected chi connectivity index (χ3v) is 6.86. The van der Waals surface area contributed by atoms with Crippen molar-refractivity contribution in [3.63, 3.8) is 0 Å². The van der Waals surface area contributed by atoms with Crippen molar-refractivity contribution in [3.8, 4) is 22.6 Å². The Hall–Kier alpha value is -3.67. The standard InChI is InChI=1S/C24H23Cl2N7O4/c1-4-18(34)30-15-10-37-6-5-14(15)31-24-27-9-12-7-13(23-28-11-29-33(23)22(12)32-24)19-20(25)16(35-2)8-17(36-3)21(19)26/h4,7-9,11,14-15H,1,5-6,10H2,2-3H3,(H,30,34)(H,27,31,32)/t14-,15?/m0/s1. The van der Waals surface area contributed by atoms with E-state index in [9.17, 15) is 4.79 Å². The molecule has 0 radical (unpaired) electrons. The highest BCUT2D eigenvalue weighted by Gasteiger charge is 2.28. The van der Waals surface area contributed by atoms with Gasteiger partial charge in [-0.15, -0.1) is 0 Å². The van der Waals surface area contributed by atoms with Gasteiger partial charge in [-0.05, 0) is 18.6 Å². The number of carbonyl (C=O) groups is 1. The van der Waals surface area contributed by atoms with E-state index in [0.29, 0.717) is 74.9 Å². The van der Waals surface area contributed by atoms with Crippen LogP contribution in [0.3, 0.4) is 0 Å². The molecule has 2 atom stereocenters. The van der Waals surface area contributed by atoms with Crippen LogP contribution in [0.4, 0.5) is 5.95 Å². The number of anilines is 1. The monoisotopic (exact) mass is 543 g/mol. The minimum atomic E-state index is -0.273. The first-order chi connectivity index (χ1) is 17.9. The number of halogens is 2. The number of nitrogens with zero attached hydrogens (tertiary/aromatic N) is 5. The van der Waals surface area contributed by atoms with Crippen molar-refractivity contribution in [1.82, 2.24) is 29.9 Å². The molecule has 4 heterocycles. The second-order valence-corrected chi connectivity index (χ2v) is 9.00. The molecule has 1 fully saturated rings. The summed E-state index contributed by atoms with van der Waals surface area (Å²) in [7, 11) is 3.03. The Kier molecular flexibility index (Phi) is 7.00. The first-order valence-electron chi connectivity index (χ1n) is 11.3. The van der Waals surface area contributed by atoms with Gasteiger partial charge in [0, 0.05) is 35.4 Å². The number of rotatable bonds is 7. The number of methoxy groups -OCH3 is 2. The molecule has 13 heteroatoms.